The van der Waals surface area contributed by atoms with Crippen molar-refractivity contribution in [2.24, 2.45) is 0 Å². The normalized spacial score (nSPS) is 12.5. The smallest absolute Gasteiger partial charge is 0.122 e. The van der Waals surface area contributed by atoms with Gasteiger partial charge in [0.1, 0.15) is 6.10 Å². The number of rotatable bonds is 3. The molecule has 3 aromatic rings. The van der Waals surface area contributed by atoms with Crippen LogP contribution in [0.4, 0.5) is 0 Å². The summed E-state index contributed by atoms with van der Waals surface area (Å²) in [5.74, 6) is 0. The number of para-hydroxylation sites is 1. The lowest BCUT2D eigenvalue weighted by Crippen LogP contribution is -2.07. The summed E-state index contributed by atoms with van der Waals surface area (Å²) < 4.78 is 2.77. The highest BCUT2D eigenvalue weighted by atomic mass is 79.9. The van der Waals surface area contributed by atoms with Gasteiger partial charge in [0.25, 0.3) is 0 Å². The van der Waals surface area contributed by atoms with Gasteiger partial charge in [-0.1, -0.05) is 18.2 Å². The van der Waals surface area contributed by atoms with Crippen LogP contribution in [-0.4, -0.2) is 14.9 Å². The average molecular weight is 335 g/mol. The van der Waals surface area contributed by atoms with Gasteiger partial charge in [0.05, 0.1) is 15.2 Å². The summed E-state index contributed by atoms with van der Waals surface area (Å²) in [5.41, 5.74) is 2.57. The maximum Gasteiger partial charge on any atom is 0.122 e. The molecule has 0 bridgehead atoms. The lowest BCUT2D eigenvalue weighted by Gasteiger charge is -2.12. The Labute approximate surface area is 123 Å². The van der Waals surface area contributed by atoms with Crippen LogP contribution in [0.2, 0.25) is 0 Å². The van der Waals surface area contributed by atoms with Crippen molar-refractivity contribution in [3.05, 3.63) is 69.1 Å². The molecule has 0 spiro atoms. The van der Waals surface area contributed by atoms with Crippen molar-refractivity contribution in [2.75, 3.05) is 0 Å². The molecule has 1 aromatic carbocycles. The molecule has 0 aliphatic carbocycles. The molecule has 96 valence electrons. The predicted octanol–water partition coefficient (Wildman–Crippen LogP) is 3.78. The van der Waals surface area contributed by atoms with Crippen LogP contribution < -0.4 is 0 Å². The second-order valence-corrected chi connectivity index (χ2v) is 6.38. The number of aliphatic hydroxyl groups excluding tert-OH is 1. The fraction of sp³-hybridized carbons (Fsp3) is 0.0714. The zero-order valence-electron chi connectivity index (χ0n) is 9.90. The third-order valence-electron chi connectivity index (χ3n) is 2.86. The Morgan fingerprint density at radius 1 is 1.21 bits per heavy atom. The molecular formula is C14H11BrN2OS. The largest absolute Gasteiger partial charge is 0.382 e. The van der Waals surface area contributed by atoms with Gasteiger partial charge in [-0.25, -0.2) is 4.68 Å². The van der Waals surface area contributed by atoms with Gasteiger partial charge in [0.15, 0.2) is 0 Å². The Balaban J connectivity index is 2.01. The van der Waals surface area contributed by atoms with Crippen molar-refractivity contribution >= 4 is 27.3 Å². The molecule has 0 aliphatic rings. The summed E-state index contributed by atoms with van der Waals surface area (Å²) in [6.07, 6.45) is 1.03. The monoisotopic (exact) mass is 334 g/mol. The first-order valence-corrected chi connectivity index (χ1v) is 7.44. The van der Waals surface area contributed by atoms with E-state index in [9.17, 15) is 5.11 Å². The van der Waals surface area contributed by atoms with Crippen molar-refractivity contribution < 1.29 is 5.11 Å². The zero-order chi connectivity index (χ0) is 13.2. The Hall–Kier alpha value is -1.43. The molecule has 1 N–H and O–H groups in total. The van der Waals surface area contributed by atoms with Crippen LogP contribution in [-0.2, 0) is 0 Å². The van der Waals surface area contributed by atoms with E-state index in [0.717, 1.165) is 20.7 Å². The van der Waals surface area contributed by atoms with Gasteiger partial charge in [-0.15, -0.1) is 11.3 Å². The summed E-state index contributed by atoms with van der Waals surface area (Å²) in [6, 6.07) is 13.6. The maximum absolute atomic E-state index is 10.5. The average Bonchev–Trinajstić information content (AvgIpc) is 3.07. The van der Waals surface area contributed by atoms with Crippen molar-refractivity contribution in [3.8, 4) is 5.69 Å². The van der Waals surface area contributed by atoms with Crippen LogP contribution in [0.3, 0.4) is 0 Å². The minimum absolute atomic E-state index is 0.676. The van der Waals surface area contributed by atoms with Gasteiger partial charge >= 0.3 is 0 Å². The van der Waals surface area contributed by atoms with Crippen LogP contribution in [0, 0.1) is 0 Å². The summed E-state index contributed by atoms with van der Waals surface area (Å²) in [6.45, 7) is 0. The van der Waals surface area contributed by atoms with Crippen LogP contribution in [0.15, 0.2) is 57.8 Å². The number of aromatic nitrogens is 2. The molecule has 2 heterocycles. The van der Waals surface area contributed by atoms with Gasteiger partial charge in [-0.2, -0.15) is 5.10 Å². The van der Waals surface area contributed by atoms with Crippen molar-refractivity contribution in [1.82, 2.24) is 9.78 Å². The van der Waals surface area contributed by atoms with Crippen molar-refractivity contribution in [3.63, 3.8) is 0 Å². The molecular weight excluding hydrogens is 324 g/mol. The Morgan fingerprint density at radius 3 is 2.68 bits per heavy atom. The molecule has 2 aromatic heterocycles. The SMILES string of the molecule is OC(c1csc(Br)c1)c1ccnn1-c1ccccc1. The quantitative estimate of drug-likeness (QED) is 0.791. The van der Waals surface area contributed by atoms with Gasteiger partial charge in [0, 0.05) is 6.20 Å². The third-order valence-corrected chi connectivity index (χ3v) is 4.38. The highest BCUT2D eigenvalue weighted by Gasteiger charge is 2.17. The van der Waals surface area contributed by atoms with Crippen LogP contribution >= 0.6 is 27.3 Å². The molecule has 0 amide bonds. The number of halogens is 1. The van der Waals surface area contributed by atoms with Crippen LogP contribution in [0.5, 0.6) is 0 Å². The minimum Gasteiger partial charge on any atom is -0.382 e. The highest BCUT2D eigenvalue weighted by Crippen LogP contribution is 2.29. The van der Waals surface area contributed by atoms with E-state index >= 15 is 0 Å². The first-order chi connectivity index (χ1) is 9.25. The minimum atomic E-state index is -0.676. The van der Waals surface area contributed by atoms with Gasteiger partial charge in [0.2, 0.25) is 0 Å². The van der Waals surface area contributed by atoms with Crippen molar-refractivity contribution in [2.45, 2.75) is 6.10 Å². The Kier molecular flexibility index (Phi) is 3.50. The fourth-order valence-corrected chi connectivity index (χ4v) is 3.14. The van der Waals surface area contributed by atoms with E-state index in [1.54, 1.807) is 22.2 Å². The van der Waals surface area contributed by atoms with Crippen molar-refractivity contribution in [1.29, 1.82) is 0 Å². The molecule has 1 unspecified atom stereocenters. The number of nitrogens with zero attached hydrogens (tertiary/aromatic N) is 2. The molecule has 0 saturated carbocycles. The summed E-state index contributed by atoms with van der Waals surface area (Å²) in [7, 11) is 0. The van der Waals surface area contributed by atoms with Gasteiger partial charge in [-0.3, -0.25) is 0 Å². The summed E-state index contributed by atoms with van der Waals surface area (Å²) >= 11 is 4.97. The fourth-order valence-electron chi connectivity index (χ4n) is 1.94. The number of benzene rings is 1. The van der Waals surface area contributed by atoms with Crippen LogP contribution in [0.25, 0.3) is 5.69 Å². The van der Waals surface area contributed by atoms with E-state index in [4.69, 9.17) is 0 Å². The van der Waals surface area contributed by atoms with E-state index in [0.29, 0.717) is 0 Å². The highest BCUT2D eigenvalue weighted by molar-refractivity contribution is 9.11. The molecule has 3 rings (SSSR count). The molecule has 0 radical (unpaired) electrons. The number of aliphatic hydroxyl groups is 1. The first-order valence-electron chi connectivity index (χ1n) is 5.77. The molecule has 0 saturated heterocycles. The van der Waals surface area contributed by atoms with Gasteiger partial charge in [-0.05, 0) is 51.1 Å². The van der Waals surface area contributed by atoms with E-state index in [1.807, 2.05) is 47.8 Å². The van der Waals surface area contributed by atoms with E-state index in [1.165, 1.54) is 0 Å². The molecule has 0 aliphatic heterocycles. The predicted molar refractivity (Wildman–Crippen MR) is 79.6 cm³/mol. The second kappa shape index (κ2) is 5.28. The van der Waals surface area contributed by atoms with E-state index < -0.39 is 6.10 Å². The third kappa shape index (κ3) is 2.49. The molecule has 5 heteroatoms. The van der Waals surface area contributed by atoms with E-state index in [2.05, 4.69) is 21.0 Å². The van der Waals surface area contributed by atoms with E-state index in [-0.39, 0.29) is 0 Å². The second-order valence-electron chi connectivity index (χ2n) is 4.09. The van der Waals surface area contributed by atoms with Crippen LogP contribution in [0.1, 0.15) is 17.4 Å². The topological polar surface area (TPSA) is 38.1 Å². The summed E-state index contributed by atoms with van der Waals surface area (Å²) in [5, 5.41) is 16.7. The summed E-state index contributed by atoms with van der Waals surface area (Å²) in [4.78, 5) is 0. The molecule has 3 nitrogen and oxygen atoms in total. The lowest BCUT2D eigenvalue weighted by molar-refractivity contribution is 0.212. The maximum atomic E-state index is 10.5. The number of hydrogen-bond acceptors (Lipinski definition) is 3. The number of thiophene rings is 1. The first kappa shape index (κ1) is 12.6. The number of hydrogen-bond donors (Lipinski definition) is 1. The molecule has 19 heavy (non-hydrogen) atoms. The lowest BCUT2D eigenvalue weighted by atomic mass is 10.1. The zero-order valence-corrected chi connectivity index (χ0v) is 12.3. The Morgan fingerprint density at radius 2 is 2.00 bits per heavy atom. The Bertz CT molecular complexity index is 678. The molecule has 0 fully saturated rings. The van der Waals surface area contributed by atoms with Gasteiger partial charge < -0.3 is 5.11 Å². The molecule has 1 atom stereocenters. The standard InChI is InChI=1S/C14H11BrN2OS/c15-13-8-10(9-19-13)14(18)12-6-7-16-17(12)11-4-2-1-3-5-11/h1-9,14,18H.